The Morgan fingerprint density at radius 3 is 3.16 bits per heavy atom. The molecule has 2 atom stereocenters. The fourth-order valence-corrected chi connectivity index (χ4v) is 3.28. The summed E-state index contributed by atoms with van der Waals surface area (Å²) in [7, 11) is 0. The molecule has 4 N–H and O–H groups in total. The van der Waals surface area contributed by atoms with Gasteiger partial charge in [0, 0.05) is 23.8 Å². The van der Waals surface area contributed by atoms with Gasteiger partial charge in [-0.25, -0.2) is 0 Å². The third-order valence-corrected chi connectivity index (χ3v) is 4.38. The van der Waals surface area contributed by atoms with Crippen LogP contribution in [0.1, 0.15) is 24.8 Å². The van der Waals surface area contributed by atoms with Crippen LogP contribution in [0.3, 0.4) is 0 Å². The van der Waals surface area contributed by atoms with E-state index in [2.05, 4.69) is 16.7 Å². The predicted molar refractivity (Wildman–Crippen MR) is 77.2 cm³/mol. The molecule has 0 bridgehead atoms. The fourth-order valence-electron chi connectivity index (χ4n) is 3.28. The van der Waals surface area contributed by atoms with E-state index in [0.717, 1.165) is 37.9 Å². The monoisotopic (exact) mass is 259 g/mol. The number of carbonyl (C=O) groups excluding carboxylic acids is 1. The Morgan fingerprint density at radius 2 is 2.32 bits per heavy atom. The van der Waals surface area contributed by atoms with E-state index in [1.165, 1.54) is 11.3 Å². The topological polar surface area (TPSA) is 67.2 Å². The van der Waals surface area contributed by atoms with Crippen LogP contribution in [0.25, 0.3) is 0 Å². The van der Waals surface area contributed by atoms with Gasteiger partial charge in [0.25, 0.3) is 0 Å². The second-order valence-electron chi connectivity index (χ2n) is 5.57. The van der Waals surface area contributed by atoms with Crippen LogP contribution in [0.5, 0.6) is 0 Å². The smallest absolute Gasteiger partial charge is 0.227 e. The highest BCUT2D eigenvalue weighted by Crippen LogP contribution is 2.32. The molecule has 1 fully saturated rings. The molecule has 19 heavy (non-hydrogen) atoms. The van der Waals surface area contributed by atoms with Crippen LogP contribution in [0.4, 0.5) is 11.4 Å². The first-order valence-electron chi connectivity index (χ1n) is 7.15. The van der Waals surface area contributed by atoms with E-state index in [1.54, 1.807) is 0 Å². The minimum atomic E-state index is 0.0939. The fraction of sp³-hybridized carbons (Fsp3) is 0.533. The van der Waals surface area contributed by atoms with Crippen molar-refractivity contribution < 1.29 is 4.79 Å². The van der Waals surface area contributed by atoms with Crippen LogP contribution >= 0.6 is 0 Å². The van der Waals surface area contributed by atoms with Crippen LogP contribution in [0.2, 0.25) is 0 Å². The quantitative estimate of drug-likeness (QED) is 0.777. The Hall–Kier alpha value is -1.55. The van der Waals surface area contributed by atoms with Crippen molar-refractivity contribution >= 4 is 17.3 Å². The van der Waals surface area contributed by atoms with E-state index in [0.29, 0.717) is 12.5 Å². The van der Waals surface area contributed by atoms with Gasteiger partial charge < -0.3 is 16.4 Å². The molecule has 4 nitrogen and oxygen atoms in total. The molecule has 1 aromatic rings. The molecule has 2 aliphatic rings. The van der Waals surface area contributed by atoms with E-state index < -0.39 is 0 Å². The van der Waals surface area contributed by atoms with Crippen LogP contribution in [0.15, 0.2) is 18.2 Å². The molecule has 4 heteroatoms. The zero-order chi connectivity index (χ0) is 13.2. The van der Waals surface area contributed by atoms with Crippen molar-refractivity contribution in [2.24, 2.45) is 17.6 Å². The normalized spacial score (nSPS) is 24.9. The van der Waals surface area contributed by atoms with Gasteiger partial charge in [-0.2, -0.15) is 0 Å². The molecule has 1 aliphatic carbocycles. The van der Waals surface area contributed by atoms with Crippen LogP contribution in [-0.4, -0.2) is 19.0 Å². The molecule has 1 heterocycles. The summed E-state index contributed by atoms with van der Waals surface area (Å²) in [5.74, 6) is 0.589. The lowest BCUT2D eigenvalue weighted by Gasteiger charge is -2.17. The molecule has 3 rings (SSSR count). The second-order valence-corrected chi connectivity index (χ2v) is 5.57. The molecule has 0 radical (unpaired) electrons. The molecule has 1 saturated carbocycles. The molecule has 1 amide bonds. The molecule has 102 valence electrons. The van der Waals surface area contributed by atoms with Gasteiger partial charge >= 0.3 is 0 Å². The minimum Gasteiger partial charge on any atom is -0.384 e. The molecular weight excluding hydrogens is 238 g/mol. The van der Waals surface area contributed by atoms with E-state index in [4.69, 9.17) is 5.73 Å². The second kappa shape index (κ2) is 5.21. The van der Waals surface area contributed by atoms with E-state index in [-0.39, 0.29) is 11.8 Å². The van der Waals surface area contributed by atoms with Gasteiger partial charge in [-0.3, -0.25) is 4.79 Å². The first kappa shape index (κ1) is 12.5. The van der Waals surface area contributed by atoms with E-state index in [9.17, 15) is 4.79 Å². The number of rotatable bonds is 3. The van der Waals surface area contributed by atoms with Crippen molar-refractivity contribution in [3.8, 4) is 0 Å². The zero-order valence-electron chi connectivity index (χ0n) is 11.1. The zero-order valence-corrected chi connectivity index (χ0v) is 11.1. The summed E-state index contributed by atoms with van der Waals surface area (Å²) < 4.78 is 0. The first-order chi connectivity index (χ1) is 9.28. The van der Waals surface area contributed by atoms with Gasteiger partial charge in [0.1, 0.15) is 0 Å². The Morgan fingerprint density at radius 1 is 1.42 bits per heavy atom. The van der Waals surface area contributed by atoms with Gasteiger partial charge in [0.15, 0.2) is 0 Å². The molecule has 1 aromatic carbocycles. The number of carbonyl (C=O) groups is 1. The largest absolute Gasteiger partial charge is 0.384 e. The average Bonchev–Trinajstić information content (AvgIpc) is 3.06. The third-order valence-electron chi connectivity index (χ3n) is 4.38. The van der Waals surface area contributed by atoms with Crippen molar-refractivity contribution in [2.75, 3.05) is 23.7 Å². The standard InChI is InChI=1S/C15H21N3O/c16-9-11-2-1-3-13(11)15(19)18-12-4-5-14-10(8-12)6-7-17-14/h4-5,8,11,13,17H,1-3,6-7,9,16H2,(H,18,19)/t11-,13-/m1/s1. The summed E-state index contributed by atoms with van der Waals surface area (Å²) in [4.78, 5) is 12.3. The molecule has 0 spiro atoms. The molecule has 0 saturated heterocycles. The maximum Gasteiger partial charge on any atom is 0.227 e. The third kappa shape index (κ3) is 2.45. The van der Waals surface area contributed by atoms with Crippen molar-refractivity contribution in [1.29, 1.82) is 0 Å². The number of nitrogens with two attached hydrogens (primary N) is 1. The number of fused-ring (bicyclic) bond motifs is 1. The Labute approximate surface area is 113 Å². The highest BCUT2D eigenvalue weighted by Gasteiger charge is 2.31. The Bertz CT molecular complexity index is 486. The summed E-state index contributed by atoms with van der Waals surface area (Å²) in [6, 6.07) is 6.11. The Balaban J connectivity index is 1.69. The van der Waals surface area contributed by atoms with Crippen molar-refractivity contribution in [1.82, 2.24) is 0 Å². The molecule has 0 unspecified atom stereocenters. The summed E-state index contributed by atoms with van der Waals surface area (Å²) >= 11 is 0. The molecule has 0 aromatic heterocycles. The summed E-state index contributed by atoms with van der Waals surface area (Å²) in [6.45, 7) is 1.61. The maximum absolute atomic E-state index is 12.3. The van der Waals surface area contributed by atoms with Crippen molar-refractivity contribution in [3.63, 3.8) is 0 Å². The number of anilines is 2. The van der Waals surface area contributed by atoms with Gasteiger partial charge in [-0.15, -0.1) is 0 Å². The summed E-state index contributed by atoms with van der Waals surface area (Å²) in [5.41, 5.74) is 9.14. The van der Waals surface area contributed by atoms with Gasteiger partial charge in [0.05, 0.1) is 0 Å². The van der Waals surface area contributed by atoms with Gasteiger partial charge in [-0.05, 0) is 55.5 Å². The van der Waals surface area contributed by atoms with E-state index in [1.807, 2.05) is 12.1 Å². The van der Waals surface area contributed by atoms with Gasteiger partial charge in [-0.1, -0.05) is 6.42 Å². The first-order valence-corrected chi connectivity index (χ1v) is 7.15. The number of hydrogen-bond donors (Lipinski definition) is 3. The lowest BCUT2D eigenvalue weighted by molar-refractivity contribution is -0.120. The minimum absolute atomic E-state index is 0.0939. The van der Waals surface area contributed by atoms with Gasteiger partial charge in [0.2, 0.25) is 5.91 Å². The van der Waals surface area contributed by atoms with Crippen molar-refractivity contribution in [2.45, 2.75) is 25.7 Å². The summed E-state index contributed by atoms with van der Waals surface area (Å²) in [5, 5.41) is 6.38. The van der Waals surface area contributed by atoms with Crippen molar-refractivity contribution in [3.05, 3.63) is 23.8 Å². The lowest BCUT2D eigenvalue weighted by Crippen LogP contribution is -2.29. The van der Waals surface area contributed by atoms with E-state index >= 15 is 0 Å². The van der Waals surface area contributed by atoms with Crippen LogP contribution in [0, 0.1) is 11.8 Å². The lowest BCUT2D eigenvalue weighted by atomic mass is 9.95. The summed E-state index contributed by atoms with van der Waals surface area (Å²) in [6.07, 6.45) is 4.21. The highest BCUT2D eigenvalue weighted by molar-refractivity contribution is 5.93. The van der Waals surface area contributed by atoms with Crippen LogP contribution in [-0.2, 0) is 11.2 Å². The number of nitrogens with one attached hydrogen (secondary N) is 2. The molecular formula is C15H21N3O. The predicted octanol–water partition coefficient (Wildman–Crippen LogP) is 1.97. The van der Waals surface area contributed by atoms with Crippen LogP contribution < -0.4 is 16.4 Å². The highest BCUT2D eigenvalue weighted by atomic mass is 16.1. The number of amides is 1. The SMILES string of the molecule is NC[C@H]1CCC[C@H]1C(=O)Nc1ccc2c(c1)CCN2. The average molecular weight is 259 g/mol. The number of benzene rings is 1. The maximum atomic E-state index is 12.3. The Kier molecular flexibility index (Phi) is 3.42. The molecule has 1 aliphatic heterocycles. The number of hydrogen-bond acceptors (Lipinski definition) is 3.